The van der Waals surface area contributed by atoms with Crippen LogP contribution in [0.4, 0.5) is 23.4 Å². The van der Waals surface area contributed by atoms with E-state index >= 15 is 0 Å². The monoisotopic (exact) mass is 412 g/mol. The molecule has 29 heavy (non-hydrogen) atoms. The van der Waals surface area contributed by atoms with Crippen LogP contribution >= 0.6 is 0 Å². The number of carbonyl (C=O) groups excluding carboxylic acids is 1. The van der Waals surface area contributed by atoms with Gasteiger partial charge in [0.15, 0.2) is 5.65 Å². The maximum absolute atomic E-state index is 13.4. The first kappa shape index (κ1) is 20.7. The number of anilines is 1. The van der Waals surface area contributed by atoms with Crippen LogP contribution in [0.2, 0.25) is 0 Å². The second-order valence-corrected chi connectivity index (χ2v) is 6.94. The number of amides is 1. The molecule has 0 spiro atoms. The highest BCUT2D eigenvalue weighted by Gasteiger charge is 2.24. The van der Waals surface area contributed by atoms with E-state index < -0.39 is 30.0 Å². The number of aryl methyl sites for hydroxylation is 2. The van der Waals surface area contributed by atoms with Crippen molar-refractivity contribution in [1.82, 2.24) is 24.5 Å². The van der Waals surface area contributed by atoms with Gasteiger partial charge in [-0.3, -0.25) is 4.79 Å². The highest BCUT2D eigenvalue weighted by Crippen LogP contribution is 2.32. The van der Waals surface area contributed by atoms with Crippen molar-refractivity contribution >= 4 is 22.8 Å². The maximum Gasteiger partial charge on any atom is 0.280 e. The van der Waals surface area contributed by atoms with Gasteiger partial charge in [0, 0.05) is 17.7 Å². The molecule has 0 fully saturated rings. The van der Waals surface area contributed by atoms with Crippen LogP contribution in [0.15, 0.2) is 12.1 Å². The van der Waals surface area contributed by atoms with Crippen molar-refractivity contribution in [2.24, 2.45) is 0 Å². The van der Waals surface area contributed by atoms with Gasteiger partial charge in [0.1, 0.15) is 18.1 Å². The van der Waals surface area contributed by atoms with E-state index in [2.05, 4.69) is 20.5 Å². The van der Waals surface area contributed by atoms with E-state index in [1.54, 1.807) is 17.7 Å². The van der Waals surface area contributed by atoms with Crippen LogP contribution in [0.3, 0.4) is 0 Å². The first-order valence-electron chi connectivity index (χ1n) is 8.88. The fraction of sp³-hybridized carbons (Fsp3) is 0.444. The molecule has 3 aromatic heterocycles. The SMILES string of the molecule is Cc1cc(NC(=O)Cn2nc(C)c3c(C(F)F)cc(C(F)F)nc32)n(C(C)C)n1. The first-order chi connectivity index (χ1) is 13.6. The third-order valence-corrected chi connectivity index (χ3v) is 4.29. The quantitative estimate of drug-likeness (QED) is 0.611. The molecule has 0 aliphatic carbocycles. The van der Waals surface area contributed by atoms with Crippen LogP contribution in [-0.2, 0) is 11.3 Å². The number of halogens is 4. The number of hydrogen-bond acceptors (Lipinski definition) is 4. The smallest absolute Gasteiger partial charge is 0.280 e. The van der Waals surface area contributed by atoms with Crippen LogP contribution in [0.1, 0.15) is 55.4 Å². The summed E-state index contributed by atoms with van der Waals surface area (Å²) in [5.74, 6) is -0.0516. The minimum Gasteiger partial charge on any atom is -0.309 e. The number of aromatic nitrogens is 5. The largest absolute Gasteiger partial charge is 0.309 e. The fourth-order valence-corrected chi connectivity index (χ4v) is 3.12. The summed E-state index contributed by atoms with van der Waals surface area (Å²) in [7, 11) is 0. The van der Waals surface area contributed by atoms with Gasteiger partial charge in [-0.05, 0) is 33.8 Å². The molecule has 0 aliphatic heterocycles. The van der Waals surface area contributed by atoms with Crippen molar-refractivity contribution in [3.8, 4) is 0 Å². The minimum atomic E-state index is -3.03. The summed E-state index contributed by atoms with van der Waals surface area (Å²) in [6.07, 6.45) is -6.01. The molecule has 0 radical (unpaired) electrons. The number of hydrogen-bond donors (Lipinski definition) is 1. The molecule has 1 amide bonds. The third kappa shape index (κ3) is 4.08. The molecule has 11 heteroatoms. The molecule has 0 saturated carbocycles. The Morgan fingerprint density at radius 2 is 1.79 bits per heavy atom. The van der Waals surface area contributed by atoms with Crippen LogP contribution in [0.25, 0.3) is 11.0 Å². The summed E-state index contributed by atoms with van der Waals surface area (Å²) in [5, 5.41) is 11.0. The lowest BCUT2D eigenvalue weighted by Gasteiger charge is -2.12. The van der Waals surface area contributed by atoms with E-state index in [1.165, 1.54) is 6.92 Å². The van der Waals surface area contributed by atoms with Gasteiger partial charge >= 0.3 is 0 Å². The Labute approximate surface area is 163 Å². The number of nitrogens with one attached hydrogen (secondary N) is 1. The van der Waals surface area contributed by atoms with Crippen LogP contribution < -0.4 is 5.32 Å². The number of fused-ring (bicyclic) bond motifs is 1. The Hall–Kier alpha value is -2.98. The van der Waals surface area contributed by atoms with Gasteiger partial charge in [-0.25, -0.2) is 31.9 Å². The van der Waals surface area contributed by atoms with Gasteiger partial charge in [0.2, 0.25) is 5.91 Å². The molecule has 7 nitrogen and oxygen atoms in total. The zero-order chi connectivity index (χ0) is 21.5. The minimum absolute atomic E-state index is 0.00403. The molecule has 0 bridgehead atoms. The Morgan fingerprint density at radius 3 is 2.38 bits per heavy atom. The summed E-state index contributed by atoms with van der Waals surface area (Å²) in [6, 6.07) is 2.36. The van der Waals surface area contributed by atoms with Crippen molar-refractivity contribution < 1.29 is 22.4 Å². The molecule has 0 aliphatic rings. The van der Waals surface area contributed by atoms with Crippen molar-refractivity contribution in [3.63, 3.8) is 0 Å². The van der Waals surface area contributed by atoms with E-state index in [-0.39, 0.29) is 29.3 Å². The second kappa shape index (κ2) is 7.80. The van der Waals surface area contributed by atoms with E-state index in [0.29, 0.717) is 17.6 Å². The zero-order valence-corrected chi connectivity index (χ0v) is 16.3. The highest BCUT2D eigenvalue weighted by atomic mass is 19.3. The van der Waals surface area contributed by atoms with Gasteiger partial charge in [-0.1, -0.05) is 0 Å². The topological polar surface area (TPSA) is 77.6 Å². The van der Waals surface area contributed by atoms with Crippen LogP contribution in [0.5, 0.6) is 0 Å². The first-order valence-corrected chi connectivity index (χ1v) is 8.88. The third-order valence-electron chi connectivity index (χ3n) is 4.29. The van der Waals surface area contributed by atoms with Gasteiger partial charge in [-0.15, -0.1) is 0 Å². The number of alkyl halides is 4. The molecule has 3 aromatic rings. The summed E-state index contributed by atoms with van der Waals surface area (Å²) >= 11 is 0. The Bertz CT molecular complexity index is 1060. The second-order valence-electron chi connectivity index (χ2n) is 6.94. The van der Waals surface area contributed by atoms with Gasteiger partial charge in [0.05, 0.1) is 16.8 Å². The average molecular weight is 412 g/mol. The lowest BCUT2D eigenvalue weighted by Crippen LogP contribution is -2.22. The van der Waals surface area contributed by atoms with Gasteiger partial charge < -0.3 is 5.32 Å². The van der Waals surface area contributed by atoms with Gasteiger partial charge in [0.25, 0.3) is 12.9 Å². The van der Waals surface area contributed by atoms with Crippen molar-refractivity contribution in [3.05, 3.63) is 34.8 Å². The lowest BCUT2D eigenvalue weighted by atomic mass is 10.1. The lowest BCUT2D eigenvalue weighted by molar-refractivity contribution is -0.116. The van der Waals surface area contributed by atoms with E-state index in [0.717, 1.165) is 4.68 Å². The Kier molecular flexibility index (Phi) is 5.58. The van der Waals surface area contributed by atoms with E-state index in [9.17, 15) is 22.4 Å². The normalized spacial score (nSPS) is 12.0. The summed E-state index contributed by atoms with van der Waals surface area (Å²) < 4.78 is 55.7. The molecular formula is C18H20F4N6O. The Balaban J connectivity index is 1.97. The number of carbonyl (C=O) groups is 1. The predicted octanol–water partition coefficient (Wildman–Crippen LogP) is 4.34. The molecule has 156 valence electrons. The highest BCUT2D eigenvalue weighted by molar-refractivity contribution is 5.91. The maximum atomic E-state index is 13.4. The molecule has 0 atom stereocenters. The molecule has 3 heterocycles. The van der Waals surface area contributed by atoms with Crippen molar-refractivity contribution in [2.75, 3.05) is 5.32 Å². The van der Waals surface area contributed by atoms with Crippen molar-refractivity contribution in [2.45, 2.75) is 53.1 Å². The number of rotatable bonds is 6. The van der Waals surface area contributed by atoms with Crippen LogP contribution in [-0.4, -0.2) is 30.5 Å². The molecule has 3 rings (SSSR count). The summed E-state index contributed by atoms with van der Waals surface area (Å²) in [5.41, 5.74) is -0.663. The molecule has 0 unspecified atom stereocenters. The molecule has 1 N–H and O–H groups in total. The summed E-state index contributed by atoms with van der Waals surface area (Å²) in [6.45, 7) is 6.65. The van der Waals surface area contributed by atoms with Gasteiger partial charge in [-0.2, -0.15) is 10.2 Å². The number of pyridine rings is 1. The number of nitrogens with zero attached hydrogens (tertiary/aromatic N) is 5. The van der Waals surface area contributed by atoms with Crippen LogP contribution in [0, 0.1) is 13.8 Å². The van der Waals surface area contributed by atoms with E-state index in [1.807, 2.05) is 13.8 Å². The molecule has 0 aromatic carbocycles. The fourth-order valence-electron chi connectivity index (χ4n) is 3.12. The van der Waals surface area contributed by atoms with E-state index in [4.69, 9.17) is 0 Å². The molecule has 0 saturated heterocycles. The standard InChI is InChI=1S/C18H20F4N6O/c1-8(2)28-13(5-9(3)25-28)24-14(29)7-27-18-15(10(4)26-27)11(16(19)20)6-12(23-18)17(21)22/h5-6,8,16-17H,7H2,1-4H3,(H,24,29). The average Bonchev–Trinajstić information content (AvgIpc) is 3.14. The molecular weight excluding hydrogens is 392 g/mol. The summed E-state index contributed by atoms with van der Waals surface area (Å²) in [4.78, 5) is 16.3. The zero-order valence-electron chi connectivity index (χ0n) is 16.3. The predicted molar refractivity (Wildman–Crippen MR) is 98.2 cm³/mol. The van der Waals surface area contributed by atoms with Crippen molar-refractivity contribution in [1.29, 1.82) is 0 Å². The Morgan fingerprint density at radius 1 is 1.10 bits per heavy atom.